The Balaban J connectivity index is 2.64. The Bertz CT molecular complexity index is 496. The Morgan fingerprint density at radius 3 is 2.74 bits per heavy atom. The Morgan fingerprint density at radius 1 is 1.47 bits per heavy atom. The fraction of sp³-hybridized carbons (Fsp3) is 0.364. The van der Waals surface area contributed by atoms with Gasteiger partial charge in [-0.1, -0.05) is 11.6 Å². The lowest BCUT2D eigenvalue weighted by molar-refractivity contribution is -0.384. The molecule has 6 nitrogen and oxygen atoms in total. The first-order valence-corrected chi connectivity index (χ1v) is 5.88. The van der Waals surface area contributed by atoms with Gasteiger partial charge in [0.2, 0.25) is 0 Å². The second-order valence-electron chi connectivity index (χ2n) is 3.82. The number of carboxylic acid groups (broad SMARTS) is 1. The highest BCUT2D eigenvalue weighted by atomic mass is 35.5. The number of benzene rings is 1. The van der Waals surface area contributed by atoms with Crippen LogP contribution in [0.15, 0.2) is 12.1 Å². The molecule has 8 heteroatoms. The van der Waals surface area contributed by atoms with Crippen LogP contribution in [0.3, 0.4) is 0 Å². The highest BCUT2D eigenvalue weighted by Gasteiger charge is 2.17. The number of nitro benzene ring substituents is 1. The molecule has 0 heterocycles. The Labute approximate surface area is 113 Å². The standard InChI is InChI=1S/C11H12ClFN2O4/c12-7-5-10(15(18)19)9(6-8(7)13)14-4-2-1-3-11(16)17/h5-6,14H,1-4H2,(H,16,17). The highest BCUT2D eigenvalue weighted by Crippen LogP contribution is 2.30. The summed E-state index contributed by atoms with van der Waals surface area (Å²) in [5.74, 6) is -1.65. The van der Waals surface area contributed by atoms with Crippen LogP contribution in [0.25, 0.3) is 0 Å². The maximum absolute atomic E-state index is 13.2. The molecule has 0 atom stereocenters. The van der Waals surface area contributed by atoms with Crippen molar-refractivity contribution in [3.05, 3.63) is 33.1 Å². The first-order chi connectivity index (χ1) is 8.91. The lowest BCUT2D eigenvalue weighted by Crippen LogP contribution is -2.06. The summed E-state index contributed by atoms with van der Waals surface area (Å²) in [7, 11) is 0. The average molecular weight is 291 g/mol. The average Bonchev–Trinajstić information content (AvgIpc) is 2.32. The first kappa shape index (κ1) is 15.2. The zero-order valence-corrected chi connectivity index (χ0v) is 10.6. The second-order valence-corrected chi connectivity index (χ2v) is 4.23. The topological polar surface area (TPSA) is 92.5 Å². The van der Waals surface area contributed by atoms with E-state index >= 15 is 0 Å². The molecule has 0 saturated carbocycles. The minimum absolute atomic E-state index is 0.0265. The third-order valence-electron chi connectivity index (χ3n) is 2.37. The van der Waals surface area contributed by atoms with Gasteiger partial charge in [-0.05, 0) is 12.8 Å². The van der Waals surface area contributed by atoms with Crippen molar-refractivity contribution in [2.45, 2.75) is 19.3 Å². The van der Waals surface area contributed by atoms with Gasteiger partial charge in [-0.2, -0.15) is 0 Å². The molecule has 0 aliphatic carbocycles. The van der Waals surface area contributed by atoms with E-state index in [0.717, 1.165) is 12.1 Å². The van der Waals surface area contributed by atoms with Gasteiger partial charge in [-0.3, -0.25) is 14.9 Å². The molecular formula is C11H12ClFN2O4. The SMILES string of the molecule is O=C(O)CCCCNc1cc(F)c(Cl)cc1[N+](=O)[O-]. The van der Waals surface area contributed by atoms with E-state index < -0.39 is 16.7 Å². The maximum Gasteiger partial charge on any atom is 0.303 e. The van der Waals surface area contributed by atoms with E-state index in [2.05, 4.69) is 5.32 Å². The van der Waals surface area contributed by atoms with Gasteiger partial charge in [0, 0.05) is 25.1 Å². The fourth-order valence-electron chi connectivity index (χ4n) is 1.45. The molecule has 1 aromatic rings. The third kappa shape index (κ3) is 4.70. The van der Waals surface area contributed by atoms with E-state index in [-0.39, 0.29) is 22.8 Å². The van der Waals surface area contributed by atoms with Gasteiger partial charge in [-0.25, -0.2) is 4.39 Å². The number of hydrogen-bond donors (Lipinski definition) is 2. The summed E-state index contributed by atoms with van der Waals surface area (Å²) >= 11 is 5.48. The molecule has 0 aliphatic heterocycles. The number of anilines is 1. The van der Waals surface area contributed by atoms with Crippen molar-refractivity contribution < 1.29 is 19.2 Å². The predicted octanol–water partition coefficient (Wildman–Crippen LogP) is 3.05. The zero-order chi connectivity index (χ0) is 14.4. The molecule has 19 heavy (non-hydrogen) atoms. The van der Waals surface area contributed by atoms with Crippen molar-refractivity contribution in [2.24, 2.45) is 0 Å². The first-order valence-electron chi connectivity index (χ1n) is 5.51. The fourth-order valence-corrected chi connectivity index (χ4v) is 1.61. The monoisotopic (exact) mass is 290 g/mol. The van der Waals surface area contributed by atoms with E-state index in [1.807, 2.05) is 0 Å². The maximum atomic E-state index is 13.2. The van der Waals surface area contributed by atoms with Crippen LogP contribution in [-0.4, -0.2) is 22.5 Å². The molecule has 0 unspecified atom stereocenters. The lowest BCUT2D eigenvalue weighted by atomic mass is 10.2. The molecule has 104 valence electrons. The van der Waals surface area contributed by atoms with Crippen molar-refractivity contribution >= 4 is 28.9 Å². The number of carboxylic acids is 1. The molecule has 1 rings (SSSR count). The summed E-state index contributed by atoms with van der Waals surface area (Å²) in [5.41, 5.74) is -0.285. The minimum Gasteiger partial charge on any atom is -0.481 e. The number of nitro groups is 1. The molecular weight excluding hydrogens is 279 g/mol. The van der Waals surface area contributed by atoms with Gasteiger partial charge in [0.05, 0.1) is 9.95 Å². The van der Waals surface area contributed by atoms with Gasteiger partial charge in [0.1, 0.15) is 11.5 Å². The van der Waals surface area contributed by atoms with Crippen LogP contribution < -0.4 is 5.32 Å². The Kier molecular flexibility index (Phi) is 5.50. The van der Waals surface area contributed by atoms with Gasteiger partial charge in [0.25, 0.3) is 5.69 Å². The summed E-state index contributed by atoms with van der Waals surface area (Å²) in [4.78, 5) is 20.4. The number of rotatable bonds is 7. The van der Waals surface area contributed by atoms with Crippen LogP contribution in [0.5, 0.6) is 0 Å². The molecule has 0 spiro atoms. The van der Waals surface area contributed by atoms with Gasteiger partial charge in [0.15, 0.2) is 0 Å². The summed E-state index contributed by atoms with van der Waals surface area (Å²) in [6.07, 6.45) is 0.971. The van der Waals surface area contributed by atoms with Crippen LogP contribution >= 0.6 is 11.6 Å². The number of carbonyl (C=O) groups is 1. The van der Waals surface area contributed by atoms with E-state index in [9.17, 15) is 19.3 Å². The Morgan fingerprint density at radius 2 is 2.16 bits per heavy atom. The minimum atomic E-state index is -0.900. The summed E-state index contributed by atoms with van der Waals surface area (Å²) in [6.45, 7) is 0.315. The largest absolute Gasteiger partial charge is 0.481 e. The van der Waals surface area contributed by atoms with E-state index in [4.69, 9.17) is 16.7 Å². The van der Waals surface area contributed by atoms with Gasteiger partial charge in [-0.15, -0.1) is 0 Å². The molecule has 0 aliphatic rings. The number of nitrogens with zero attached hydrogens (tertiary/aromatic N) is 1. The molecule has 0 bridgehead atoms. The quantitative estimate of drug-likeness (QED) is 0.457. The van der Waals surface area contributed by atoms with Crippen molar-refractivity contribution in [1.29, 1.82) is 0 Å². The van der Waals surface area contributed by atoms with Gasteiger partial charge >= 0.3 is 5.97 Å². The zero-order valence-electron chi connectivity index (χ0n) is 9.86. The molecule has 0 radical (unpaired) electrons. The summed E-state index contributed by atoms with van der Waals surface area (Å²) in [6, 6.07) is 1.90. The smallest absolute Gasteiger partial charge is 0.303 e. The second kappa shape index (κ2) is 6.89. The van der Waals surface area contributed by atoms with Gasteiger partial charge < -0.3 is 10.4 Å². The highest BCUT2D eigenvalue weighted by molar-refractivity contribution is 6.31. The summed E-state index contributed by atoms with van der Waals surface area (Å²) in [5, 5.41) is 21.6. The van der Waals surface area contributed by atoms with Crippen LogP contribution in [0.2, 0.25) is 5.02 Å². The van der Waals surface area contributed by atoms with Crippen molar-refractivity contribution in [1.82, 2.24) is 0 Å². The van der Waals surface area contributed by atoms with Crippen LogP contribution in [0.4, 0.5) is 15.8 Å². The molecule has 1 aromatic carbocycles. The van der Waals surface area contributed by atoms with E-state index in [1.165, 1.54) is 0 Å². The van der Waals surface area contributed by atoms with Crippen LogP contribution in [0, 0.1) is 15.9 Å². The van der Waals surface area contributed by atoms with E-state index in [0.29, 0.717) is 19.4 Å². The number of hydrogen-bond acceptors (Lipinski definition) is 4. The normalized spacial score (nSPS) is 10.2. The van der Waals surface area contributed by atoms with E-state index in [1.54, 1.807) is 0 Å². The Hall–Kier alpha value is -1.89. The third-order valence-corrected chi connectivity index (χ3v) is 2.66. The number of nitrogens with one attached hydrogen (secondary N) is 1. The number of halogens is 2. The van der Waals surface area contributed by atoms with Crippen molar-refractivity contribution in [3.63, 3.8) is 0 Å². The predicted molar refractivity (Wildman–Crippen MR) is 68.0 cm³/mol. The molecule has 0 aromatic heterocycles. The van der Waals surface area contributed by atoms with Crippen LogP contribution in [-0.2, 0) is 4.79 Å². The molecule has 2 N–H and O–H groups in total. The van der Waals surface area contributed by atoms with Crippen LogP contribution in [0.1, 0.15) is 19.3 Å². The summed E-state index contributed by atoms with van der Waals surface area (Å²) < 4.78 is 13.2. The van der Waals surface area contributed by atoms with Crippen molar-refractivity contribution in [2.75, 3.05) is 11.9 Å². The number of aliphatic carboxylic acids is 1. The molecule has 0 fully saturated rings. The number of unbranched alkanes of at least 4 members (excludes halogenated alkanes) is 1. The van der Waals surface area contributed by atoms with Crippen molar-refractivity contribution in [3.8, 4) is 0 Å². The molecule has 0 saturated heterocycles. The molecule has 0 amide bonds. The lowest BCUT2D eigenvalue weighted by Gasteiger charge is -2.07.